The van der Waals surface area contributed by atoms with E-state index in [2.05, 4.69) is 4.72 Å². The number of piperidine rings is 1. The number of hydrogen-bond donors (Lipinski definition) is 1. The number of nitrogens with one attached hydrogen (secondary N) is 1. The van der Waals surface area contributed by atoms with E-state index >= 15 is 0 Å². The van der Waals surface area contributed by atoms with Gasteiger partial charge < -0.3 is 9.64 Å². The Bertz CT molecular complexity index is 790. The molecule has 1 aliphatic carbocycles. The van der Waals surface area contributed by atoms with Crippen molar-refractivity contribution in [2.75, 3.05) is 13.1 Å². The van der Waals surface area contributed by atoms with Gasteiger partial charge in [0, 0.05) is 24.2 Å². The number of sulfonamides is 1. The van der Waals surface area contributed by atoms with Gasteiger partial charge in [-0.2, -0.15) is 0 Å². The lowest BCUT2D eigenvalue weighted by Crippen LogP contribution is -2.50. The smallest absolute Gasteiger partial charge is 0.410 e. The third-order valence-electron chi connectivity index (χ3n) is 5.34. The minimum absolute atomic E-state index is 0.0189. The highest BCUT2D eigenvalue weighted by molar-refractivity contribution is 7.90. The molecule has 2 aliphatic rings. The highest BCUT2D eigenvalue weighted by Gasteiger charge is 2.38. The largest absolute Gasteiger partial charge is 0.444 e. The molecule has 1 heterocycles. The minimum Gasteiger partial charge on any atom is -0.444 e. The van der Waals surface area contributed by atoms with Crippen LogP contribution >= 0.6 is 11.6 Å². The van der Waals surface area contributed by atoms with Crippen LogP contribution in [0.25, 0.3) is 0 Å². The number of rotatable bonds is 4. The molecular formula is C20H29ClN2O4S. The van der Waals surface area contributed by atoms with Crippen molar-refractivity contribution in [2.24, 2.45) is 0 Å². The van der Waals surface area contributed by atoms with Gasteiger partial charge in [-0.05, 0) is 70.1 Å². The van der Waals surface area contributed by atoms with Gasteiger partial charge >= 0.3 is 6.09 Å². The standard InChI is InChI=1S/C20H29ClN2O4S/c1-20(2,3)27-19(24)23-10-8-18(9-11-23)28(25,26)22-17-12-15(13-17)14-4-6-16(21)7-5-14/h4-7,15,17-18,22H,8-13H2,1-3H3. The molecule has 28 heavy (non-hydrogen) atoms. The summed E-state index contributed by atoms with van der Waals surface area (Å²) in [5, 5.41) is 0.249. The quantitative estimate of drug-likeness (QED) is 0.788. The first-order valence-corrected chi connectivity index (χ1v) is 11.7. The van der Waals surface area contributed by atoms with Crippen LogP contribution < -0.4 is 4.72 Å². The Balaban J connectivity index is 1.46. The highest BCUT2D eigenvalue weighted by Crippen LogP contribution is 2.38. The van der Waals surface area contributed by atoms with Crippen LogP contribution in [-0.4, -0.2) is 49.4 Å². The van der Waals surface area contributed by atoms with E-state index in [4.69, 9.17) is 16.3 Å². The number of nitrogens with zero attached hydrogens (tertiary/aromatic N) is 1. The zero-order valence-electron chi connectivity index (χ0n) is 16.7. The maximum Gasteiger partial charge on any atom is 0.410 e. The van der Waals surface area contributed by atoms with Gasteiger partial charge in [0.15, 0.2) is 0 Å². The van der Waals surface area contributed by atoms with Crippen LogP contribution in [0.3, 0.4) is 0 Å². The first-order chi connectivity index (χ1) is 13.0. The van der Waals surface area contributed by atoms with Gasteiger partial charge in [-0.25, -0.2) is 17.9 Å². The average Bonchev–Trinajstić information content (AvgIpc) is 2.57. The molecule has 8 heteroatoms. The number of amides is 1. The van der Waals surface area contributed by atoms with Gasteiger partial charge in [0.2, 0.25) is 10.0 Å². The number of carbonyl (C=O) groups is 1. The predicted octanol–water partition coefficient (Wildman–Crippen LogP) is 3.90. The van der Waals surface area contributed by atoms with Gasteiger partial charge in [0.1, 0.15) is 5.60 Å². The van der Waals surface area contributed by atoms with Crippen LogP contribution in [0, 0.1) is 0 Å². The number of likely N-dealkylation sites (tertiary alicyclic amines) is 1. The molecule has 0 radical (unpaired) electrons. The van der Waals surface area contributed by atoms with E-state index in [1.165, 1.54) is 5.56 Å². The fourth-order valence-electron chi connectivity index (χ4n) is 3.72. The van der Waals surface area contributed by atoms with E-state index < -0.39 is 20.9 Å². The zero-order chi connectivity index (χ0) is 20.5. The highest BCUT2D eigenvalue weighted by atomic mass is 35.5. The summed E-state index contributed by atoms with van der Waals surface area (Å²) in [6.45, 7) is 6.27. The molecule has 0 bridgehead atoms. The van der Waals surface area contributed by atoms with Crippen LogP contribution in [0.4, 0.5) is 4.79 Å². The van der Waals surface area contributed by atoms with Gasteiger partial charge in [-0.1, -0.05) is 23.7 Å². The molecular weight excluding hydrogens is 400 g/mol. The summed E-state index contributed by atoms with van der Waals surface area (Å²) >= 11 is 5.92. The second kappa shape index (κ2) is 8.20. The summed E-state index contributed by atoms with van der Waals surface area (Å²) in [7, 11) is -3.39. The molecule has 1 N–H and O–H groups in total. The maximum atomic E-state index is 12.7. The topological polar surface area (TPSA) is 75.7 Å². The number of hydrogen-bond acceptors (Lipinski definition) is 4. The van der Waals surface area contributed by atoms with Crippen molar-refractivity contribution >= 4 is 27.7 Å². The van der Waals surface area contributed by atoms with Gasteiger partial charge in [0.25, 0.3) is 0 Å². The van der Waals surface area contributed by atoms with E-state index in [-0.39, 0.29) is 12.1 Å². The summed E-state index contributed by atoms with van der Waals surface area (Å²) in [5.74, 6) is 0.374. The molecule has 156 valence electrons. The van der Waals surface area contributed by atoms with Crippen molar-refractivity contribution in [1.82, 2.24) is 9.62 Å². The number of ether oxygens (including phenoxy) is 1. The van der Waals surface area contributed by atoms with E-state index in [9.17, 15) is 13.2 Å². The first kappa shape index (κ1) is 21.4. The molecule has 2 fully saturated rings. The van der Waals surface area contributed by atoms with Crippen molar-refractivity contribution in [3.8, 4) is 0 Å². The number of benzene rings is 1. The maximum absolute atomic E-state index is 12.7. The van der Waals surface area contributed by atoms with Crippen LogP contribution in [0.2, 0.25) is 5.02 Å². The van der Waals surface area contributed by atoms with Crippen molar-refractivity contribution in [3.05, 3.63) is 34.9 Å². The van der Waals surface area contributed by atoms with Crippen molar-refractivity contribution in [3.63, 3.8) is 0 Å². The average molecular weight is 429 g/mol. The molecule has 1 amide bonds. The second-order valence-electron chi connectivity index (χ2n) is 8.75. The SMILES string of the molecule is CC(C)(C)OC(=O)N1CCC(S(=O)(=O)NC2CC(c3ccc(Cl)cc3)C2)CC1. The Kier molecular flexibility index (Phi) is 6.27. The summed E-state index contributed by atoms with van der Waals surface area (Å²) < 4.78 is 33.7. The Morgan fingerprint density at radius 1 is 1.14 bits per heavy atom. The molecule has 1 aromatic rings. The minimum atomic E-state index is -3.39. The molecule has 6 nitrogen and oxygen atoms in total. The van der Waals surface area contributed by atoms with E-state index in [1.54, 1.807) is 4.90 Å². The Morgan fingerprint density at radius 2 is 1.71 bits per heavy atom. The Hall–Kier alpha value is -1.31. The van der Waals surface area contributed by atoms with E-state index in [0.29, 0.717) is 36.9 Å². The van der Waals surface area contributed by atoms with Crippen LogP contribution in [0.5, 0.6) is 0 Å². The molecule has 0 atom stereocenters. The normalized spacial score (nSPS) is 23.9. The van der Waals surface area contributed by atoms with E-state index in [0.717, 1.165) is 12.8 Å². The van der Waals surface area contributed by atoms with Crippen LogP contribution in [0.1, 0.15) is 57.9 Å². The van der Waals surface area contributed by atoms with Crippen molar-refractivity contribution in [2.45, 2.75) is 69.3 Å². The summed E-state index contributed by atoms with van der Waals surface area (Å²) in [6, 6.07) is 7.73. The molecule has 1 saturated heterocycles. The first-order valence-electron chi connectivity index (χ1n) is 9.78. The molecule has 1 aromatic carbocycles. The molecule has 0 aromatic heterocycles. The zero-order valence-corrected chi connectivity index (χ0v) is 18.2. The Labute approximate surface area is 172 Å². The Morgan fingerprint density at radius 3 is 2.25 bits per heavy atom. The third-order valence-corrected chi connectivity index (χ3v) is 7.61. The molecule has 1 saturated carbocycles. The van der Waals surface area contributed by atoms with Crippen LogP contribution in [0.15, 0.2) is 24.3 Å². The number of halogens is 1. The fraction of sp³-hybridized carbons (Fsp3) is 0.650. The summed E-state index contributed by atoms with van der Waals surface area (Å²) in [4.78, 5) is 13.7. The van der Waals surface area contributed by atoms with Gasteiger partial charge in [-0.3, -0.25) is 0 Å². The van der Waals surface area contributed by atoms with Crippen molar-refractivity contribution in [1.29, 1.82) is 0 Å². The molecule has 0 spiro atoms. The lowest BCUT2D eigenvalue weighted by atomic mass is 9.76. The number of carbonyl (C=O) groups excluding carboxylic acids is 1. The lowest BCUT2D eigenvalue weighted by Gasteiger charge is -2.38. The van der Waals surface area contributed by atoms with Crippen LogP contribution in [-0.2, 0) is 14.8 Å². The second-order valence-corrected chi connectivity index (χ2v) is 11.2. The fourth-order valence-corrected chi connectivity index (χ4v) is 5.53. The molecule has 1 aliphatic heterocycles. The van der Waals surface area contributed by atoms with E-state index in [1.807, 2.05) is 45.0 Å². The van der Waals surface area contributed by atoms with Gasteiger partial charge in [-0.15, -0.1) is 0 Å². The van der Waals surface area contributed by atoms with Gasteiger partial charge in [0.05, 0.1) is 5.25 Å². The summed E-state index contributed by atoms with van der Waals surface area (Å²) in [5.41, 5.74) is 0.650. The molecule has 0 unspecified atom stereocenters. The lowest BCUT2D eigenvalue weighted by molar-refractivity contribution is 0.0217. The summed E-state index contributed by atoms with van der Waals surface area (Å²) in [6.07, 6.45) is 2.10. The van der Waals surface area contributed by atoms with Crippen molar-refractivity contribution < 1.29 is 17.9 Å². The predicted molar refractivity (Wildman–Crippen MR) is 110 cm³/mol. The monoisotopic (exact) mass is 428 g/mol. The third kappa shape index (κ3) is 5.39. The molecule has 3 rings (SSSR count).